The van der Waals surface area contributed by atoms with Crippen LogP contribution in [-0.4, -0.2) is 16.2 Å². The minimum absolute atomic E-state index is 0.973. The second-order valence-corrected chi connectivity index (χ2v) is 15.9. The number of rotatable bonds is 6. The van der Waals surface area contributed by atoms with Crippen LogP contribution in [0.2, 0.25) is 0 Å². The van der Waals surface area contributed by atoms with Crippen molar-refractivity contribution < 1.29 is 0 Å². The minimum atomic E-state index is 0.973. The first-order valence-corrected chi connectivity index (χ1v) is 20.6. The van der Waals surface area contributed by atoms with Crippen molar-refractivity contribution in [1.82, 2.24) is 9.97 Å². The molecule has 7 aromatic carbocycles. The average molecular weight is 756 g/mol. The maximum absolute atomic E-state index is 5.16. The fourth-order valence-electron chi connectivity index (χ4n) is 9.26. The molecule has 3 nitrogen and oxygen atoms in total. The van der Waals surface area contributed by atoms with Crippen molar-refractivity contribution in [3.05, 3.63) is 192 Å². The zero-order chi connectivity index (χ0) is 39.5. The van der Waals surface area contributed by atoms with Gasteiger partial charge >= 0.3 is 0 Å². The highest BCUT2D eigenvalue weighted by Gasteiger charge is 2.22. The van der Waals surface area contributed by atoms with Crippen LogP contribution in [0.15, 0.2) is 175 Å². The number of aliphatic imine (C=N–C) groups is 1. The van der Waals surface area contributed by atoms with E-state index in [0.29, 0.717) is 0 Å². The molecule has 0 atom stereocenters. The van der Waals surface area contributed by atoms with E-state index in [0.717, 1.165) is 76.1 Å². The molecule has 11 rings (SSSR count). The van der Waals surface area contributed by atoms with Crippen LogP contribution in [-0.2, 0) is 6.42 Å². The number of aryl methyl sites for hydroxylation is 2. The molecule has 0 N–H and O–H groups in total. The van der Waals surface area contributed by atoms with Gasteiger partial charge in [-0.2, -0.15) is 0 Å². The zero-order valence-electron chi connectivity index (χ0n) is 33.0. The van der Waals surface area contributed by atoms with Crippen LogP contribution in [0.3, 0.4) is 0 Å². The first-order valence-electron chi connectivity index (χ1n) is 20.6. The lowest BCUT2D eigenvalue weighted by atomic mass is 9.89. The molecule has 9 aromatic rings. The monoisotopic (exact) mass is 755 g/mol. The molecule has 0 amide bonds. The average Bonchev–Trinajstić information content (AvgIpc) is 3.31. The van der Waals surface area contributed by atoms with Gasteiger partial charge in [0.1, 0.15) is 0 Å². The Hall–Kier alpha value is -7.23. The summed E-state index contributed by atoms with van der Waals surface area (Å²) in [6, 6.07) is 53.4. The van der Waals surface area contributed by atoms with E-state index < -0.39 is 0 Å². The Kier molecular flexibility index (Phi) is 8.48. The normalized spacial score (nSPS) is 13.8. The highest BCUT2D eigenvalue weighted by Crippen LogP contribution is 2.40. The summed E-state index contributed by atoms with van der Waals surface area (Å²) in [5, 5.41) is 8.72. The number of fused-ring (bicyclic) bond motifs is 9. The smallest absolute Gasteiger partial charge is 0.0925 e. The van der Waals surface area contributed by atoms with Gasteiger partial charge in [-0.3, -0.25) is 4.99 Å². The number of pyridine rings is 2. The zero-order valence-corrected chi connectivity index (χ0v) is 33.0. The second-order valence-electron chi connectivity index (χ2n) is 15.9. The number of aromatic nitrogens is 2. The SMILES string of the molecule is C=C/C=C\c1ccc2ccc(-c3ccc(-c4ccc5c6ccc(-c7ccc(-c8ccc9c(n8)C8=C(CCC=N8)CC9)cc7)cc6c6ccccc6c5c4)cc3)nc2c1C. The van der Waals surface area contributed by atoms with Gasteiger partial charge in [0.05, 0.1) is 28.3 Å². The summed E-state index contributed by atoms with van der Waals surface area (Å²) in [5.74, 6) is 0. The van der Waals surface area contributed by atoms with Crippen LogP contribution in [0.25, 0.3) is 99.8 Å². The van der Waals surface area contributed by atoms with Crippen LogP contribution in [0.5, 0.6) is 0 Å². The fourth-order valence-corrected chi connectivity index (χ4v) is 9.26. The summed E-state index contributed by atoms with van der Waals surface area (Å²) >= 11 is 0. The standard InChI is InChI=1S/C56H41N3/c1-3-4-8-36-12-21-42-26-30-52(58-54(42)35(36)2)39-17-13-37(14-18-39)44-24-28-48-49-29-25-45(34-51(49)47-11-6-5-10-46(47)50(48)33-44)38-15-19-40(20-16-38)53-31-27-43-23-22-41-9-7-32-57-55(41)56(43)59-53/h3-6,8,10-21,24-34H,1,7,9,22-23H2,2H3/b8-4-. The van der Waals surface area contributed by atoms with E-state index in [4.69, 9.17) is 15.0 Å². The Labute approximate surface area is 344 Å². The van der Waals surface area contributed by atoms with Crippen molar-refractivity contribution in [2.24, 2.45) is 4.99 Å². The summed E-state index contributed by atoms with van der Waals surface area (Å²) in [6.45, 7) is 5.96. The van der Waals surface area contributed by atoms with Crippen LogP contribution in [0.1, 0.15) is 41.6 Å². The lowest BCUT2D eigenvalue weighted by molar-refractivity contribution is 0.825. The Morgan fingerprint density at radius 1 is 0.525 bits per heavy atom. The molecule has 0 fully saturated rings. The van der Waals surface area contributed by atoms with Gasteiger partial charge in [0.15, 0.2) is 0 Å². The Balaban J connectivity index is 0.914. The Bertz CT molecular complexity index is 3250. The maximum atomic E-state index is 5.16. The van der Waals surface area contributed by atoms with Crippen LogP contribution < -0.4 is 0 Å². The number of hydrogen-bond donors (Lipinski definition) is 0. The predicted octanol–water partition coefficient (Wildman–Crippen LogP) is 14.8. The molecular weight excluding hydrogens is 715 g/mol. The van der Waals surface area contributed by atoms with Gasteiger partial charge in [-0.1, -0.05) is 146 Å². The maximum Gasteiger partial charge on any atom is 0.0925 e. The molecule has 0 bridgehead atoms. The van der Waals surface area contributed by atoms with E-state index in [-0.39, 0.29) is 0 Å². The first kappa shape index (κ1) is 35.0. The van der Waals surface area contributed by atoms with E-state index in [1.54, 1.807) is 6.08 Å². The highest BCUT2D eigenvalue weighted by atomic mass is 14.8. The van der Waals surface area contributed by atoms with E-state index in [1.165, 1.54) is 71.3 Å². The molecule has 0 saturated carbocycles. The van der Waals surface area contributed by atoms with Crippen molar-refractivity contribution in [1.29, 1.82) is 0 Å². The van der Waals surface area contributed by atoms with Crippen LogP contribution >= 0.6 is 0 Å². The molecule has 2 aromatic heterocycles. The third-order valence-electron chi connectivity index (χ3n) is 12.5. The van der Waals surface area contributed by atoms with E-state index in [2.05, 4.69) is 171 Å². The van der Waals surface area contributed by atoms with Gasteiger partial charge in [0.2, 0.25) is 0 Å². The molecule has 280 valence electrons. The number of benzene rings is 7. The molecule has 2 aliphatic rings. The fraction of sp³-hybridized carbons (Fsp3) is 0.0893. The van der Waals surface area contributed by atoms with Crippen molar-refractivity contribution in [3.8, 4) is 44.8 Å². The van der Waals surface area contributed by atoms with Crippen molar-refractivity contribution in [3.63, 3.8) is 0 Å². The molecule has 1 aliphatic carbocycles. The first-order chi connectivity index (χ1) is 29.1. The minimum Gasteiger partial charge on any atom is -0.259 e. The van der Waals surface area contributed by atoms with Gasteiger partial charge in [0.25, 0.3) is 0 Å². The molecule has 3 heterocycles. The molecule has 0 spiro atoms. The van der Waals surface area contributed by atoms with Gasteiger partial charge in [0, 0.05) is 22.7 Å². The van der Waals surface area contributed by atoms with E-state index >= 15 is 0 Å². The number of allylic oxidation sites excluding steroid dienone is 3. The van der Waals surface area contributed by atoms with Gasteiger partial charge < -0.3 is 0 Å². The molecular formula is C56H41N3. The summed E-state index contributed by atoms with van der Waals surface area (Å²) in [4.78, 5) is 15.1. The lowest BCUT2D eigenvalue weighted by Crippen LogP contribution is -2.09. The lowest BCUT2D eigenvalue weighted by Gasteiger charge is -2.22. The molecule has 0 saturated heterocycles. The third-order valence-corrected chi connectivity index (χ3v) is 12.5. The summed E-state index contributed by atoms with van der Waals surface area (Å²) in [6.07, 6.45) is 12.2. The Morgan fingerprint density at radius 2 is 1.10 bits per heavy atom. The van der Waals surface area contributed by atoms with Gasteiger partial charge in [-0.15, -0.1) is 0 Å². The molecule has 59 heavy (non-hydrogen) atoms. The molecule has 1 aliphatic heterocycles. The number of hydrogen-bond acceptors (Lipinski definition) is 3. The highest BCUT2D eigenvalue weighted by molar-refractivity contribution is 6.26. The largest absolute Gasteiger partial charge is 0.259 e. The van der Waals surface area contributed by atoms with Crippen molar-refractivity contribution in [2.45, 2.75) is 32.6 Å². The van der Waals surface area contributed by atoms with Gasteiger partial charge in [-0.25, -0.2) is 9.97 Å². The topological polar surface area (TPSA) is 38.1 Å². The van der Waals surface area contributed by atoms with E-state index in [9.17, 15) is 0 Å². The van der Waals surface area contributed by atoms with Gasteiger partial charge in [-0.05, 0) is 134 Å². The van der Waals surface area contributed by atoms with Crippen LogP contribution in [0.4, 0.5) is 0 Å². The third kappa shape index (κ3) is 6.09. The van der Waals surface area contributed by atoms with Crippen molar-refractivity contribution in [2.75, 3.05) is 0 Å². The van der Waals surface area contributed by atoms with E-state index in [1.807, 2.05) is 6.08 Å². The van der Waals surface area contributed by atoms with Crippen LogP contribution in [0, 0.1) is 6.92 Å². The molecule has 3 heteroatoms. The summed E-state index contributed by atoms with van der Waals surface area (Å²) < 4.78 is 0. The molecule has 0 radical (unpaired) electrons. The number of nitrogens with zero attached hydrogens (tertiary/aromatic N) is 3. The predicted molar refractivity (Wildman–Crippen MR) is 251 cm³/mol. The molecule has 0 unspecified atom stereocenters. The summed E-state index contributed by atoms with van der Waals surface area (Å²) in [5.41, 5.74) is 17.3. The van der Waals surface area contributed by atoms with Crippen molar-refractivity contribution >= 4 is 61.2 Å². The second kappa shape index (κ2) is 14.3. The summed E-state index contributed by atoms with van der Waals surface area (Å²) in [7, 11) is 0. The quantitative estimate of drug-likeness (QED) is 0.125. The Morgan fingerprint density at radius 3 is 1.76 bits per heavy atom.